The number of para-hydroxylation sites is 1. The SMILES string of the molecule is C[C@@H]1CN(c2ccccc2C[C@@H]2CCN(c3ccc(C4(O)CCCC4)cc3)C2=O)C[C@H](C)N1C. The molecule has 1 aliphatic carbocycles. The maximum Gasteiger partial charge on any atom is 0.230 e. The van der Waals surface area contributed by atoms with Gasteiger partial charge in [-0.2, -0.15) is 0 Å². The Kier molecular flexibility index (Phi) is 6.43. The Morgan fingerprint density at radius 2 is 1.62 bits per heavy atom. The van der Waals surface area contributed by atoms with Crippen LogP contribution >= 0.6 is 0 Å². The molecule has 182 valence electrons. The summed E-state index contributed by atoms with van der Waals surface area (Å²) in [5, 5.41) is 10.9. The van der Waals surface area contributed by atoms with E-state index in [0.717, 1.165) is 69.4 Å². The molecule has 3 fully saturated rings. The van der Waals surface area contributed by atoms with Gasteiger partial charge in [0, 0.05) is 49.0 Å². The van der Waals surface area contributed by atoms with Crippen molar-refractivity contribution in [3.05, 3.63) is 59.7 Å². The summed E-state index contributed by atoms with van der Waals surface area (Å²) in [4.78, 5) is 20.3. The van der Waals surface area contributed by atoms with Crippen molar-refractivity contribution in [3.8, 4) is 0 Å². The van der Waals surface area contributed by atoms with Crippen molar-refractivity contribution >= 4 is 17.3 Å². The summed E-state index contributed by atoms with van der Waals surface area (Å²) in [5.41, 5.74) is 3.83. The Morgan fingerprint density at radius 3 is 2.29 bits per heavy atom. The van der Waals surface area contributed by atoms with E-state index in [1.807, 2.05) is 29.2 Å². The predicted octanol–water partition coefficient (Wildman–Crippen LogP) is 4.57. The number of piperazine rings is 1. The van der Waals surface area contributed by atoms with E-state index in [2.05, 4.69) is 55.0 Å². The van der Waals surface area contributed by atoms with E-state index in [9.17, 15) is 9.90 Å². The largest absolute Gasteiger partial charge is 0.385 e. The topological polar surface area (TPSA) is 47.0 Å². The minimum Gasteiger partial charge on any atom is -0.385 e. The zero-order valence-electron chi connectivity index (χ0n) is 20.9. The second kappa shape index (κ2) is 9.35. The van der Waals surface area contributed by atoms with Gasteiger partial charge in [-0.05, 0) is 75.9 Å². The van der Waals surface area contributed by atoms with Gasteiger partial charge < -0.3 is 14.9 Å². The lowest BCUT2D eigenvalue weighted by molar-refractivity contribution is -0.120. The average Bonchev–Trinajstić information content (AvgIpc) is 3.44. The second-order valence-corrected chi connectivity index (χ2v) is 10.9. The molecule has 3 aliphatic rings. The van der Waals surface area contributed by atoms with E-state index >= 15 is 0 Å². The molecule has 0 unspecified atom stereocenters. The van der Waals surface area contributed by atoms with Gasteiger partial charge >= 0.3 is 0 Å². The summed E-state index contributed by atoms with van der Waals surface area (Å²) in [6.45, 7) is 7.38. The fourth-order valence-corrected chi connectivity index (χ4v) is 6.24. The Labute approximate surface area is 204 Å². The van der Waals surface area contributed by atoms with Crippen LogP contribution in [0.4, 0.5) is 11.4 Å². The Bertz CT molecular complexity index is 1000. The predicted molar refractivity (Wildman–Crippen MR) is 138 cm³/mol. The van der Waals surface area contributed by atoms with Gasteiger partial charge in [0.1, 0.15) is 0 Å². The Morgan fingerprint density at radius 1 is 0.971 bits per heavy atom. The van der Waals surface area contributed by atoms with Crippen molar-refractivity contribution in [1.82, 2.24) is 4.90 Å². The molecule has 2 aromatic carbocycles. The molecule has 2 saturated heterocycles. The monoisotopic (exact) mass is 461 g/mol. The number of amides is 1. The first-order valence-corrected chi connectivity index (χ1v) is 13.0. The number of likely N-dealkylation sites (N-methyl/N-ethyl adjacent to an activating group) is 1. The highest BCUT2D eigenvalue weighted by molar-refractivity contribution is 5.97. The molecule has 1 N–H and O–H groups in total. The van der Waals surface area contributed by atoms with Crippen LogP contribution in [-0.2, 0) is 16.8 Å². The molecule has 2 heterocycles. The number of carbonyl (C=O) groups excluding carboxylic acids is 1. The quantitative estimate of drug-likeness (QED) is 0.709. The third kappa shape index (κ3) is 4.36. The summed E-state index contributed by atoms with van der Waals surface area (Å²) in [5.74, 6) is 0.240. The van der Waals surface area contributed by atoms with Crippen LogP contribution < -0.4 is 9.80 Å². The number of anilines is 2. The number of hydrogen-bond acceptors (Lipinski definition) is 4. The van der Waals surface area contributed by atoms with Gasteiger partial charge in [-0.25, -0.2) is 0 Å². The number of benzene rings is 2. The molecule has 5 rings (SSSR count). The molecule has 3 atom stereocenters. The zero-order chi connectivity index (χ0) is 23.9. The highest BCUT2D eigenvalue weighted by atomic mass is 16.3. The normalized spacial score (nSPS) is 27.5. The van der Waals surface area contributed by atoms with E-state index in [-0.39, 0.29) is 11.8 Å². The van der Waals surface area contributed by atoms with Gasteiger partial charge in [0.25, 0.3) is 0 Å². The van der Waals surface area contributed by atoms with Crippen LogP contribution in [0.25, 0.3) is 0 Å². The lowest BCUT2D eigenvalue weighted by atomic mass is 9.92. The van der Waals surface area contributed by atoms with Crippen molar-refractivity contribution in [2.24, 2.45) is 5.92 Å². The van der Waals surface area contributed by atoms with Crippen LogP contribution in [0.2, 0.25) is 0 Å². The van der Waals surface area contributed by atoms with Gasteiger partial charge in [0.2, 0.25) is 5.91 Å². The van der Waals surface area contributed by atoms with E-state index in [4.69, 9.17) is 0 Å². The molecular formula is C29H39N3O2. The molecule has 0 spiro atoms. The molecular weight excluding hydrogens is 422 g/mol. The summed E-state index contributed by atoms with van der Waals surface area (Å²) in [6.07, 6.45) is 5.51. The average molecular weight is 462 g/mol. The van der Waals surface area contributed by atoms with E-state index in [0.29, 0.717) is 12.1 Å². The van der Waals surface area contributed by atoms with Crippen LogP contribution in [0.3, 0.4) is 0 Å². The summed E-state index contributed by atoms with van der Waals surface area (Å²) in [7, 11) is 2.21. The van der Waals surface area contributed by atoms with E-state index in [1.54, 1.807) is 0 Å². The van der Waals surface area contributed by atoms with Gasteiger partial charge in [-0.15, -0.1) is 0 Å². The van der Waals surface area contributed by atoms with Crippen LogP contribution in [0.1, 0.15) is 57.1 Å². The summed E-state index contributed by atoms with van der Waals surface area (Å²) in [6, 6.07) is 17.7. The molecule has 0 bridgehead atoms. The van der Waals surface area contributed by atoms with Crippen molar-refractivity contribution in [1.29, 1.82) is 0 Å². The first-order chi connectivity index (χ1) is 16.4. The Balaban J connectivity index is 1.29. The van der Waals surface area contributed by atoms with Crippen LogP contribution in [0.15, 0.2) is 48.5 Å². The molecule has 2 aliphatic heterocycles. The third-order valence-corrected chi connectivity index (χ3v) is 8.62. The van der Waals surface area contributed by atoms with Crippen molar-refractivity contribution in [2.75, 3.05) is 36.5 Å². The fourth-order valence-electron chi connectivity index (χ4n) is 6.24. The smallest absolute Gasteiger partial charge is 0.230 e. The maximum absolute atomic E-state index is 13.4. The van der Waals surface area contributed by atoms with Gasteiger partial charge in [0.05, 0.1) is 5.60 Å². The van der Waals surface area contributed by atoms with E-state index in [1.165, 1.54) is 11.3 Å². The highest BCUT2D eigenvalue weighted by Gasteiger charge is 2.36. The molecule has 34 heavy (non-hydrogen) atoms. The Hall–Kier alpha value is -2.37. The van der Waals surface area contributed by atoms with Gasteiger partial charge in [-0.1, -0.05) is 43.2 Å². The second-order valence-electron chi connectivity index (χ2n) is 10.9. The molecule has 0 aromatic heterocycles. The first kappa shape index (κ1) is 23.4. The van der Waals surface area contributed by atoms with E-state index < -0.39 is 5.60 Å². The number of rotatable bonds is 5. The van der Waals surface area contributed by atoms with Crippen LogP contribution in [-0.4, -0.2) is 54.7 Å². The minimum absolute atomic E-state index is 0.0159. The van der Waals surface area contributed by atoms with Crippen molar-refractivity contribution < 1.29 is 9.90 Å². The minimum atomic E-state index is -0.682. The first-order valence-electron chi connectivity index (χ1n) is 13.0. The molecule has 1 saturated carbocycles. The lowest BCUT2D eigenvalue weighted by Crippen LogP contribution is -2.55. The van der Waals surface area contributed by atoms with Gasteiger partial charge in [-0.3, -0.25) is 9.69 Å². The molecule has 5 heteroatoms. The third-order valence-electron chi connectivity index (χ3n) is 8.62. The van der Waals surface area contributed by atoms with Crippen molar-refractivity contribution in [3.63, 3.8) is 0 Å². The summed E-state index contributed by atoms with van der Waals surface area (Å²) >= 11 is 0. The number of aliphatic hydroxyl groups is 1. The molecule has 0 radical (unpaired) electrons. The van der Waals surface area contributed by atoms with Gasteiger partial charge in [0.15, 0.2) is 0 Å². The maximum atomic E-state index is 13.4. The molecule has 2 aromatic rings. The number of hydrogen-bond donors (Lipinski definition) is 1. The number of nitrogens with zero attached hydrogens (tertiary/aromatic N) is 3. The van der Waals surface area contributed by atoms with Crippen LogP contribution in [0, 0.1) is 5.92 Å². The lowest BCUT2D eigenvalue weighted by Gasteiger charge is -2.44. The molecule has 1 amide bonds. The fraction of sp³-hybridized carbons (Fsp3) is 0.552. The highest BCUT2D eigenvalue weighted by Crippen LogP contribution is 2.39. The molecule has 5 nitrogen and oxygen atoms in total. The standard InChI is InChI=1S/C29H39N3O2/c1-21-19-31(20-22(2)30(21)3)27-9-5-4-8-23(27)18-24-14-17-32(28(24)33)26-12-10-25(11-13-26)29(34)15-6-7-16-29/h4-5,8-13,21-22,24,34H,6-7,14-20H2,1-3H3/t21-,22+,24-/m0/s1. The van der Waals surface area contributed by atoms with Crippen molar-refractivity contribution in [2.45, 2.75) is 70.1 Å². The summed E-state index contributed by atoms with van der Waals surface area (Å²) < 4.78 is 0. The zero-order valence-corrected chi connectivity index (χ0v) is 20.9. The van der Waals surface area contributed by atoms with Crippen LogP contribution in [0.5, 0.6) is 0 Å². The number of carbonyl (C=O) groups is 1.